The van der Waals surface area contributed by atoms with E-state index in [9.17, 15) is 39.6 Å². The van der Waals surface area contributed by atoms with E-state index in [0.29, 0.717) is 48.3 Å². The van der Waals surface area contributed by atoms with Gasteiger partial charge in [-0.1, -0.05) is 294 Å². The molecule has 4 aromatic heterocycles. The number of pyridine rings is 4. The van der Waals surface area contributed by atoms with E-state index in [1.165, 1.54) is 112 Å². The number of carbonyl (C=O) groups excluding carboxylic acids is 4. The number of aliphatic hydroxyl groups is 4. The fourth-order valence-electron chi connectivity index (χ4n) is 17.2. The molecular weight excluding hydrogens is 2510 g/mol. The smallest absolute Gasteiger partial charge is 0.162 e. The van der Waals surface area contributed by atoms with Crippen LogP contribution in [0.3, 0.4) is 0 Å². The van der Waals surface area contributed by atoms with Crippen molar-refractivity contribution >= 4 is 66.2 Å². The third-order valence-corrected chi connectivity index (χ3v) is 25.7. The van der Waals surface area contributed by atoms with Gasteiger partial charge in [-0.05, 0) is 225 Å². The number of allylic oxidation sites excluding steroid dienone is 8. The van der Waals surface area contributed by atoms with Crippen molar-refractivity contribution in [2.45, 2.75) is 323 Å². The van der Waals surface area contributed by atoms with E-state index in [0.717, 1.165) is 144 Å². The Bertz CT molecular complexity index is 5890. The first-order valence-corrected chi connectivity index (χ1v) is 52.6. The van der Waals surface area contributed by atoms with E-state index >= 15 is 0 Å². The van der Waals surface area contributed by atoms with Gasteiger partial charge in [0.1, 0.15) is 0 Å². The van der Waals surface area contributed by atoms with Crippen molar-refractivity contribution in [1.82, 2.24) is 19.9 Å². The third-order valence-electron chi connectivity index (χ3n) is 25.7. The second-order valence-electron chi connectivity index (χ2n) is 41.1. The molecule has 0 aliphatic rings. The summed E-state index contributed by atoms with van der Waals surface area (Å²) in [4.78, 5) is 64.5. The van der Waals surface area contributed by atoms with Crippen molar-refractivity contribution < 1.29 is 120 Å². The summed E-state index contributed by atoms with van der Waals surface area (Å²) in [7, 11) is 0. The minimum atomic E-state index is 0. The van der Waals surface area contributed by atoms with Gasteiger partial charge in [-0.15, -0.1) is 140 Å². The molecule has 0 aliphatic heterocycles. The van der Waals surface area contributed by atoms with Gasteiger partial charge in [0.2, 0.25) is 0 Å². The van der Waals surface area contributed by atoms with Gasteiger partial charge in [-0.3, -0.25) is 19.2 Å². The normalized spacial score (nSPS) is 11.8. The average molecular weight is 2690 g/mol. The first-order chi connectivity index (χ1) is 67.3. The van der Waals surface area contributed by atoms with Gasteiger partial charge in [0.05, 0.1) is 23.0 Å². The molecule has 4 heterocycles. The summed E-state index contributed by atoms with van der Waals surface area (Å²) in [6, 6.07) is 66.2. The maximum absolute atomic E-state index is 11.7. The van der Waals surface area contributed by atoms with Crippen LogP contribution >= 0.6 is 0 Å². The standard InChI is InChI=1S/2C21H22N.2C20H20N.2C13H24O2.2C11H20O2.4Ir/c1-14(2)9-17-5-6-20-18(13-17)7-8-22-21(20)19-11-15(3)10-16(4)12-19;1-14(2)9-17-5-6-18-7-8-22-21(20(18)13-17)19-11-15(3)10-16(4)12-19;2*1-13(2)16-5-6-19-17(12-16)7-8-21-20(19)18-10-14(3)9-15(4)11-18;2*1-5-10(6-2)12(14)9-13(15)11(7-3)8-4;1-8(2)5-10(12)7-11(13)6-9(3)4;1-5-8(3)10(12)7-11(13)9(4)6-2;;;;/h2*5-8,10-11,13-14H,9H2,1-4H3;2*5-10,12-13H,1-4H3;2*9-11,14H,5-8H2,1-4H3;2*7-9,12H,5-6H2,1-4H3;;;;/q4*-1;;;;;;;;. The van der Waals surface area contributed by atoms with Gasteiger partial charge in [0, 0.05) is 178 Å². The van der Waals surface area contributed by atoms with Crippen molar-refractivity contribution in [2.24, 2.45) is 59.2 Å². The Hall–Kier alpha value is -9.16. The fourth-order valence-corrected chi connectivity index (χ4v) is 17.2. The molecule has 12 nitrogen and oxygen atoms in total. The monoisotopic (exact) mass is 2690 g/mol. The van der Waals surface area contributed by atoms with Crippen LogP contribution in [0.4, 0.5) is 0 Å². The van der Waals surface area contributed by atoms with Crippen LogP contribution in [-0.2, 0) is 112 Å². The Morgan fingerprint density at radius 2 is 0.582 bits per heavy atom. The molecular formula is C130H172Ir4N4O8-4. The zero-order valence-corrected chi connectivity index (χ0v) is 103. The van der Waals surface area contributed by atoms with Gasteiger partial charge >= 0.3 is 0 Å². The molecule has 0 saturated heterocycles. The summed E-state index contributed by atoms with van der Waals surface area (Å²) in [5, 5.41) is 48.2. The van der Waals surface area contributed by atoms with Crippen molar-refractivity contribution in [2.75, 3.05) is 0 Å². The molecule has 0 amide bonds. The fraction of sp³-hybridized carbons (Fsp3) is 0.446. The zero-order valence-electron chi connectivity index (χ0n) is 93.8. The number of nitrogens with zero attached hydrogens (tertiary/aromatic N) is 4. The number of fused-ring (bicyclic) bond motifs is 4. The van der Waals surface area contributed by atoms with Gasteiger partial charge in [-0.2, -0.15) is 0 Å². The topological polar surface area (TPSA) is 201 Å². The molecule has 0 aliphatic carbocycles. The maximum atomic E-state index is 11.7. The van der Waals surface area contributed by atoms with Gasteiger partial charge < -0.3 is 40.4 Å². The molecule has 146 heavy (non-hydrogen) atoms. The molecule has 0 fully saturated rings. The molecule has 0 saturated carbocycles. The summed E-state index contributed by atoms with van der Waals surface area (Å²) >= 11 is 0. The van der Waals surface area contributed by atoms with E-state index in [1.807, 2.05) is 136 Å². The number of aromatic nitrogens is 4. The maximum Gasteiger partial charge on any atom is 0.162 e. The van der Waals surface area contributed by atoms with E-state index in [2.05, 4.69) is 301 Å². The summed E-state index contributed by atoms with van der Waals surface area (Å²) in [5.41, 5.74) is 23.6. The molecule has 2 atom stereocenters. The SMILES string of the molecule is CC(C)CC(=O)C=C(O)CC(C)C.CCC(C)C(=O)C=C(O)C(C)CC.CCC(CC)C(=O)C=C(O)C(CC)CC.CCC(CC)C(=O)C=C(O)C(CC)CC.Cc1[c-]c(-c2nccc3cc(C(C)C)ccc23)cc(C)c1.Cc1[c-]c(-c2nccc3cc(C(C)C)ccc23)cc(C)c1.Cc1[c-]c(-c2nccc3cc(CC(C)C)ccc23)cc(C)c1.Cc1[c-]c(-c2nccc3ccc(CC(C)C)cc23)cc(C)c1.[Ir].[Ir].[Ir].[Ir]. The molecule has 16 heteroatoms. The Balaban J connectivity index is 0.000000839. The predicted molar refractivity (Wildman–Crippen MR) is 604 cm³/mol. The van der Waals surface area contributed by atoms with Gasteiger partial charge in [-0.25, -0.2) is 0 Å². The van der Waals surface area contributed by atoms with Crippen LogP contribution in [0.1, 0.15) is 322 Å². The second kappa shape index (κ2) is 69.3. The molecule has 4 N–H and O–H groups in total. The summed E-state index contributed by atoms with van der Waals surface area (Å²) in [5.74, 6) is 4.84. The molecule has 12 aromatic rings. The van der Waals surface area contributed by atoms with E-state index in [-0.39, 0.29) is 162 Å². The Kier molecular flexibility index (Phi) is 64.0. The Morgan fingerprint density at radius 1 is 0.288 bits per heavy atom. The predicted octanol–water partition coefficient (Wildman–Crippen LogP) is 35.8. The van der Waals surface area contributed by atoms with Crippen LogP contribution in [-0.4, -0.2) is 63.5 Å². The molecule has 2 unspecified atom stereocenters. The number of benzene rings is 8. The zero-order chi connectivity index (χ0) is 106. The minimum absolute atomic E-state index is 0. The molecule has 0 spiro atoms. The number of ketones is 4. The number of hydrogen-bond acceptors (Lipinski definition) is 12. The van der Waals surface area contributed by atoms with E-state index in [4.69, 9.17) is 0 Å². The van der Waals surface area contributed by atoms with Crippen molar-refractivity contribution in [3.8, 4) is 45.0 Å². The van der Waals surface area contributed by atoms with Gasteiger partial charge in [0.15, 0.2) is 23.1 Å². The first-order valence-electron chi connectivity index (χ1n) is 52.6. The number of aliphatic hydroxyl groups excluding tert-OH is 4. The molecule has 4 radical (unpaired) electrons. The van der Waals surface area contributed by atoms with Crippen molar-refractivity contribution in [3.05, 3.63) is 309 Å². The third kappa shape index (κ3) is 45.3. The van der Waals surface area contributed by atoms with Crippen LogP contribution in [0.25, 0.3) is 88.1 Å². The van der Waals surface area contributed by atoms with Crippen LogP contribution in [0.2, 0.25) is 0 Å². The Morgan fingerprint density at radius 3 is 0.884 bits per heavy atom. The number of rotatable bonds is 34. The minimum Gasteiger partial charge on any atom is -0.512 e. The van der Waals surface area contributed by atoms with E-state index < -0.39 is 0 Å². The molecule has 800 valence electrons. The van der Waals surface area contributed by atoms with E-state index in [1.54, 1.807) is 0 Å². The van der Waals surface area contributed by atoms with Crippen LogP contribution in [0, 0.1) is 139 Å². The van der Waals surface area contributed by atoms with Crippen molar-refractivity contribution in [3.63, 3.8) is 0 Å². The van der Waals surface area contributed by atoms with Crippen molar-refractivity contribution in [1.29, 1.82) is 0 Å². The first kappa shape index (κ1) is 135. The Labute approximate surface area is 934 Å². The molecule has 12 rings (SSSR count). The van der Waals surface area contributed by atoms with Crippen LogP contribution in [0.5, 0.6) is 0 Å². The molecule has 0 bridgehead atoms. The number of aryl methyl sites for hydroxylation is 8. The summed E-state index contributed by atoms with van der Waals surface area (Å²) < 4.78 is 0. The quantitative estimate of drug-likeness (QED) is 0.0169. The largest absolute Gasteiger partial charge is 0.512 e. The van der Waals surface area contributed by atoms with Crippen LogP contribution < -0.4 is 0 Å². The van der Waals surface area contributed by atoms with Gasteiger partial charge in [0.25, 0.3) is 0 Å². The molecule has 8 aromatic carbocycles. The second-order valence-corrected chi connectivity index (χ2v) is 41.1. The number of carbonyl (C=O) groups is 4. The average Bonchev–Trinajstić information content (AvgIpc) is 0.832. The summed E-state index contributed by atoms with van der Waals surface area (Å²) in [6.45, 7) is 66.6. The summed E-state index contributed by atoms with van der Waals surface area (Å²) in [6.07, 6.45) is 25.1. The van der Waals surface area contributed by atoms with Crippen LogP contribution in [0.15, 0.2) is 218 Å². The number of hydrogen-bond donors (Lipinski definition) is 4.